The standard InChI is InChI=1S/C29H41NO7/c1-18-21-6-9-29(25(18)33)23(14-21)28(17-37-20(3)32)8-5-7-27(4,16-36-19(2)31)24(28)22(26(29)34)15-30-10-12-35-13-11-30/h21-24H,1,5-17H2,2-4H3/t21-,22?,23?,24?,27-,28+,29-/m0/s1. The molecule has 5 saturated carbocycles. The number of Topliss-reactive ketones (excluding diaryl/α,β-unsaturated/α-hetero) is 2. The molecule has 6 aliphatic rings. The van der Waals surface area contributed by atoms with Crippen molar-refractivity contribution in [2.75, 3.05) is 46.1 Å². The molecule has 8 nitrogen and oxygen atoms in total. The fraction of sp³-hybridized carbons (Fsp3) is 0.793. The van der Waals surface area contributed by atoms with Gasteiger partial charge in [0.05, 0.1) is 31.8 Å². The van der Waals surface area contributed by atoms with Crippen LogP contribution in [-0.4, -0.2) is 74.5 Å². The van der Waals surface area contributed by atoms with Gasteiger partial charge in [-0.15, -0.1) is 0 Å². The third-order valence-electron chi connectivity index (χ3n) is 10.5. The van der Waals surface area contributed by atoms with Crippen LogP contribution in [0.2, 0.25) is 0 Å². The van der Waals surface area contributed by atoms with Crippen LogP contribution in [0.4, 0.5) is 0 Å². The first-order valence-corrected chi connectivity index (χ1v) is 13.9. The van der Waals surface area contributed by atoms with Gasteiger partial charge < -0.3 is 14.2 Å². The zero-order valence-electron chi connectivity index (χ0n) is 22.5. The number of hydrogen-bond donors (Lipinski definition) is 0. The molecule has 3 unspecified atom stereocenters. The summed E-state index contributed by atoms with van der Waals surface area (Å²) in [5.41, 5.74) is -1.52. The number of ether oxygens (including phenoxy) is 3. The largest absolute Gasteiger partial charge is 0.465 e. The van der Waals surface area contributed by atoms with Gasteiger partial charge in [0, 0.05) is 50.2 Å². The molecular formula is C29H41NO7. The molecule has 1 aliphatic heterocycles. The molecule has 37 heavy (non-hydrogen) atoms. The normalized spacial score (nSPS) is 41.6. The summed E-state index contributed by atoms with van der Waals surface area (Å²) < 4.78 is 17.0. The summed E-state index contributed by atoms with van der Waals surface area (Å²) >= 11 is 0. The minimum absolute atomic E-state index is 0.0349. The highest BCUT2D eigenvalue weighted by molar-refractivity contribution is 6.17. The second-order valence-electron chi connectivity index (χ2n) is 12.5. The van der Waals surface area contributed by atoms with Gasteiger partial charge in [-0.1, -0.05) is 19.9 Å². The van der Waals surface area contributed by atoms with Crippen LogP contribution in [0.1, 0.15) is 59.3 Å². The molecule has 1 spiro atoms. The van der Waals surface area contributed by atoms with Crippen molar-refractivity contribution >= 4 is 23.5 Å². The number of allylic oxidation sites excluding steroid dienone is 1. The van der Waals surface area contributed by atoms with E-state index in [0.29, 0.717) is 31.8 Å². The van der Waals surface area contributed by atoms with Gasteiger partial charge in [0.15, 0.2) is 11.6 Å². The number of morpholine rings is 1. The maximum Gasteiger partial charge on any atom is 0.302 e. The molecule has 204 valence electrons. The van der Waals surface area contributed by atoms with E-state index >= 15 is 0 Å². The summed E-state index contributed by atoms with van der Waals surface area (Å²) in [6.07, 6.45) is 4.53. The van der Waals surface area contributed by atoms with Crippen molar-refractivity contribution in [2.24, 2.45) is 39.9 Å². The summed E-state index contributed by atoms with van der Waals surface area (Å²) in [4.78, 5) is 55.1. The highest BCUT2D eigenvalue weighted by Gasteiger charge is 2.74. The monoisotopic (exact) mass is 515 g/mol. The van der Waals surface area contributed by atoms with E-state index in [4.69, 9.17) is 14.2 Å². The molecule has 0 N–H and O–H groups in total. The second kappa shape index (κ2) is 9.60. The highest BCUT2D eigenvalue weighted by Crippen LogP contribution is 2.71. The lowest BCUT2D eigenvalue weighted by atomic mass is 9.34. The third kappa shape index (κ3) is 4.10. The van der Waals surface area contributed by atoms with Crippen LogP contribution >= 0.6 is 0 Å². The third-order valence-corrected chi connectivity index (χ3v) is 10.5. The maximum atomic E-state index is 14.8. The van der Waals surface area contributed by atoms with Crippen LogP contribution in [0, 0.1) is 39.9 Å². The van der Waals surface area contributed by atoms with E-state index in [1.807, 2.05) is 0 Å². The van der Waals surface area contributed by atoms with Crippen molar-refractivity contribution in [2.45, 2.75) is 59.3 Å². The van der Waals surface area contributed by atoms with Gasteiger partial charge in [0.2, 0.25) is 0 Å². The van der Waals surface area contributed by atoms with Crippen LogP contribution in [-0.2, 0) is 33.4 Å². The lowest BCUT2D eigenvalue weighted by molar-refractivity contribution is -0.222. The summed E-state index contributed by atoms with van der Waals surface area (Å²) in [6, 6.07) is 0. The number of esters is 2. The van der Waals surface area contributed by atoms with Crippen molar-refractivity contribution in [1.82, 2.24) is 4.90 Å². The Bertz CT molecular complexity index is 1000. The average Bonchev–Trinajstić information content (AvgIpc) is 2.87. The van der Waals surface area contributed by atoms with Gasteiger partial charge in [-0.25, -0.2) is 0 Å². The predicted molar refractivity (Wildman–Crippen MR) is 134 cm³/mol. The predicted octanol–water partition coefficient (Wildman–Crippen LogP) is 2.98. The van der Waals surface area contributed by atoms with Crippen molar-refractivity contribution in [3.8, 4) is 0 Å². The van der Waals surface area contributed by atoms with Gasteiger partial charge in [0.25, 0.3) is 0 Å². The van der Waals surface area contributed by atoms with Gasteiger partial charge in [-0.05, 0) is 55.4 Å². The Hall–Kier alpha value is -2.06. The first kappa shape index (κ1) is 26.5. The molecular weight excluding hydrogens is 474 g/mol. The molecule has 6 rings (SSSR count). The number of hydrogen-bond acceptors (Lipinski definition) is 8. The van der Waals surface area contributed by atoms with E-state index in [1.54, 1.807) is 0 Å². The maximum absolute atomic E-state index is 14.8. The number of rotatable bonds is 6. The summed E-state index contributed by atoms with van der Waals surface area (Å²) in [7, 11) is 0. The van der Waals surface area contributed by atoms with E-state index in [9.17, 15) is 19.2 Å². The number of nitrogens with zero attached hydrogens (tertiary/aromatic N) is 1. The number of carbonyl (C=O) groups is 4. The van der Waals surface area contributed by atoms with E-state index in [2.05, 4.69) is 18.4 Å². The molecule has 0 radical (unpaired) electrons. The van der Waals surface area contributed by atoms with Crippen LogP contribution < -0.4 is 0 Å². The molecule has 6 fully saturated rings. The van der Waals surface area contributed by atoms with Crippen LogP contribution in [0.15, 0.2) is 12.2 Å². The fourth-order valence-electron chi connectivity index (χ4n) is 9.14. The molecule has 0 aromatic carbocycles. The topological polar surface area (TPSA) is 99.2 Å². The van der Waals surface area contributed by atoms with Gasteiger partial charge in [-0.2, -0.15) is 0 Å². The molecule has 7 atom stereocenters. The molecule has 5 aliphatic carbocycles. The minimum Gasteiger partial charge on any atom is -0.465 e. The Morgan fingerprint density at radius 1 is 1.05 bits per heavy atom. The van der Waals surface area contributed by atoms with Crippen LogP contribution in [0.25, 0.3) is 0 Å². The molecule has 1 saturated heterocycles. The van der Waals surface area contributed by atoms with Crippen LogP contribution in [0.3, 0.4) is 0 Å². The lowest BCUT2D eigenvalue weighted by Gasteiger charge is -2.68. The van der Waals surface area contributed by atoms with Gasteiger partial charge >= 0.3 is 11.9 Å². The summed E-state index contributed by atoms with van der Waals surface area (Å²) in [5, 5.41) is 0. The number of fused-ring (bicyclic) bond motifs is 3. The van der Waals surface area contributed by atoms with Crippen molar-refractivity contribution in [3.63, 3.8) is 0 Å². The Morgan fingerprint density at radius 3 is 2.41 bits per heavy atom. The summed E-state index contributed by atoms with van der Waals surface area (Å²) in [6.45, 7) is 12.7. The molecule has 1 heterocycles. The van der Waals surface area contributed by atoms with Gasteiger partial charge in [-0.3, -0.25) is 24.1 Å². The second-order valence-corrected chi connectivity index (χ2v) is 12.5. The Morgan fingerprint density at radius 2 is 1.73 bits per heavy atom. The van der Waals surface area contributed by atoms with E-state index in [-0.39, 0.29) is 54.5 Å². The average molecular weight is 516 g/mol. The number of carbonyl (C=O) groups excluding carboxylic acids is 4. The van der Waals surface area contributed by atoms with E-state index in [0.717, 1.165) is 45.2 Å². The minimum atomic E-state index is -1.10. The Kier molecular flexibility index (Phi) is 6.89. The summed E-state index contributed by atoms with van der Waals surface area (Å²) in [5.74, 6) is -1.49. The van der Waals surface area contributed by atoms with Gasteiger partial charge in [0.1, 0.15) is 0 Å². The SMILES string of the molecule is C=C1C(=O)[C@]23CC[C@H]1CC2[C@]1(COC(C)=O)CCC[C@@](C)(COC(C)=O)C1C(CN1CCOCC1)C3=O. The number of ketones is 2. The smallest absolute Gasteiger partial charge is 0.302 e. The zero-order chi connectivity index (χ0) is 26.6. The van der Waals surface area contributed by atoms with Crippen molar-refractivity contribution in [1.29, 1.82) is 0 Å². The first-order chi connectivity index (χ1) is 17.5. The highest BCUT2D eigenvalue weighted by atomic mass is 16.5. The lowest BCUT2D eigenvalue weighted by Crippen LogP contribution is -2.73. The fourth-order valence-corrected chi connectivity index (χ4v) is 9.14. The van der Waals surface area contributed by atoms with Crippen LogP contribution in [0.5, 0.6) is 0 Å². The van der Waals surface area contributed by atoms with E-state index < -0.39 is 22.2 Å². The Labute approximate surface area is 219 Å². The quantitative estimate of drug-likeness (QED) is 0.303. The molecule has 0 aromatic rings. The molecule has 0 amide bonds. The van der Waals surface area contributed by atoms with Crippen molar-refractivity contribution < 1.29 is 33.4 Å². The van der Waals surface area contributed by atoms with E-state index in [1.165, 1.54) is 13.8 Å². The Balaban J connectivity index is 1.66. The zero-order valence-corrected chi connectivity index (χ0v) is 22.5. The van der Waals surface area contributed by atoms with Crippen molar-refractivity contribution in [3.05, 3.63) is 12.2 Å². The molecule has 8 heteroatoms. The molecule has 0 aromatic heterocycles. The molecule has 2 bridgehead atoms. The first-order valence-electron chi connectivity index (χ1n) is 13.9.